The van der Waals surface area contributed by atoms with Crippen LogP contribution in [-0.4, -0.2) is 17.6 Å². The molecule has 0 aliphatic rings. The highest BCUT2D eigenvalue weighted by atomic mass is 32.2. The number of carbonyl (C=O) groups excluding carboxylic acids is 1. The number of nitriles is 1. The molecular formula is C18H15N3O3S. The van der Waals surface area contributed by atoms with Gasteiger partial charge in [-0.1, -0.05) is 0 Å². The van der Waals surface area contributed by atoms with Gasteiger partial charge in [0.05, 0.1) is 30.4 Å². The minimum atomic E-state index is -0.588. The van der Waals surface area contributed by atoms with Gasteiger partial charge in [0.15, 0.2) is 5.69 Å². The highest BCUT2D eigenvalue weighted by molar-refractivity contribution is 7.98. The van der Waals surface area contributed by atoms with E-state index in [1.165, 1.54) is 13.3 Å². The van der Waals surface area contributed by atoms with Gasteiger partial charge in [-0.25, -0.2) is 4.79 Å². The standard InChI is InChI=1S/C18H15N3O3S/c1-23-18(22)17-16(20)12(9-19)10-21(17)13-4-6-15(7-5-13)25-11-14-3-2-8-24-14/h2-8,10H,11,20H2,1H3. The van der Waals surface area contributed by atoms with E-state index < -0.39 is 5.97 Å². The van der Waals surface area contributed by atoms with E-state index in [1.807, 2.05) is 42.5 Å². The smallest absolute Gasteiger partial charge is 0.357 e. The maximum Gasteiger partial charge on any atom is 0.357 e. The Labute approximate surface area is 148 Å². The molecule has 0 bridgehead atoms. The van der Waals surface area contributed by atoms with Gasteiger partial charge in [0.1, 0.15) is 11.8 Å². The first-order valence-corrected chi connectivity index (χ1v) is 8.37. The average molecular weight is 353 g/mol. The van der Waals surface area contributed by atoms with E-state index in [4.69, 9.17) is 20.1 Å². The summed E-state index contributed by atoms with van der Waals surface area (Å²) in [4.78, 5) is 13.1. The van der Waals surface area contributed by atoms with Crippen LogP contribution < -0.4 is 5.73 Å². The number of rotatable bonds is 5. The Kier molecular flexibility index (Phi) is 4.82. The molecule has 0 unspecified atom stereocenters. The minimum Gasteiger partial charge on any atom is -0.468 e. The molecule has 1 aromatic carbocycles. The number of methoxy groups -OCH3 is 1. The van der Waals surface area contributed by atoms with Crippen LogP contribution in [0.15, 0.2) is 58.2 Å². The van der Waals surface area contributed by atoms with E-state index in [9.17, 15) is 4.79 Å². The lowest BCUT2D eigenvalue weighted by Gasteiger charge is -2.09. The number of thioether (sulfide) groups is 1. The van der Waals surface area contributed by atoms with Crippen molar-refractivity contribution in [2.45, 2.75) is 10.6 Å². The third kappa shape index (κ3) is 3.39. The number of esters is 1. The number of furan rings is 1. The van der Waals surface area contributed by atoms with Crippen LogP contribution in [0.2, 0.25) is 0 Å². The van der Waals surface area contributed by atoms with Gasteiger partial charge >= 0.3 is 5.97 Å². The van der Waals surface area contributed by atoms with E-state index in [0.29, 0.717) is 0 Å². The summed E-state index contributed by atoms with van der Waals surface area (Å²) < 4.78 is 11.7. The first-order valence-electron chi connectivity index (χ1n) is 7.39. The van der Waals surface area contributed by atoms with E-state index in [-0.39, 0.29) is 16.9 Å². The molecule has 7 heteroatoms. The van der Waals surface area contributed by atoms with Crippen molar-refractivity contribution in [1.82, 2.24) is 4.57 Å². The van der Waals surface area contributed by atoms with Crippen LogP contribution in [0.1, 0.15) is 21.8 Å². The fourth-order valence-corrected chi connectivity index (χ4v) is 3.17. The zero-order valence-corrected chi connectivity index (χ0v) is 14.2. The Balaban J connectivity index is 1.87. The lowest BCUT2D eigenvalue weighted by molar-refractivity contribution is 0.0593. The summed E-state index contributed by atoms with van der Waals surface area (Å²) >= 11 is 1.64. The highest BCUT2D eigenvalue weighted by Gasteiger charge is 2.21. The first kappa shape index (κ1) is 16.7. The number of hydrogen-bond donors (Lipinski definition) is 1. The van der Waals surface area contributed by atoms with Crippen LogP contribution in [0.4, 0.5) is 5.69 Å². The molecule has 2 aromatic heterocycles. The van der Waals surface area contributed by atoms with Crippen molar-refractivity contribution in [3.63, 3.8) is 0 Å². The Morgan fingerprint density at radius 2 is 2.12 bits per heavy atom. The predicted octanol–water partition coefficient (Wildman–Crippen LogP) is 3.60. The fraction of sp³-hybridized carbons (Fsp3) is 0.111. The molecule has 25 heavy (non-hydrogen) atoms. The largest absolute Gasteiger partial charge is 0.468 e. The lowest BCUT2D eigenvalue weighted by atomic mass is 10.2. The van der Waals surface area contributed by atoms with Gasteiger partial charge in [-0.2, -0.15) is 5.26 Å². The fourth-order valence-electron chi connectivity index (χ4n) is 2.37. The second-order valence-corrected chi connectivity index (χ2v) is 6.19. The summed E-state index contributed by atoms with van der Waals surface area (Å²) in [6.45, 7) is 0. The Morgan fingerprint density at radius 1 is 1.36 bits per heavy atom. The molecule has 3 rings (SSSR count). The van der Waals surface area contributed by atoms with Crippen molar-refractivity contribution >= 4 is 23.4 Å². The number of benzene rings is 1. The summed E-state index contributed by atoms with van der Waals surface area (Å²) in [5.41, 5.74) is 7.12. The molecule has 2 N–H and O–H groups in total. The third-order valence-electron chi connectivity index (χ3n) is 3.62. The normalized spacial score (nSPS) is 10.4. The number of anilines is 1. The van der Waals surface area contributed by atoms with Crippen molar-refractivity contribution in [3.8, 4) is 11.8 Å². The van der Waals surface area contributed by atoms with Crippen LogP contribution in [0.25, 0.3) is 5.69 Å². The van der Waals surface area contributed by atoms with Gasteiger partial charge < -0.3 is 19.5 Å². The van der Waals surface area contributed by atoms with Gasteiger partial charge in [-0.15, -0.1) is 11.8 Å². The van der Waals surface area contributed by atoms with E-state index in [2.05, 4.69) is 0 Å². The Hall–Kier alpha value is -3.11. The maximum absolute atomic E-state index is 12.0. The van der Waals surface area contributed by atoms with Gasteiger partial charge in [0.2, 0.25) is 0 Å². The zero-order chi connectivity index (χ0) is 17.8. The number of nitrogen functional groups attached to an aromatic ring is 1. The van der Waals surface area contributed by atoms with Crippen molar-refractivity contribution in [2.75, 3.05) is 12.8 Å². The summed E-state index contributed by atoms with van der Waals surface area (Å²) in [5, 5.41) is 9.15. The van der Waals surface area contributed by atoms with Gasteiger partial charge in [-0.3, -0.25) is 0 Å². The number of nitrogens with two attached hydrogens (primary N) is 1. The quantitative estimate of drug-likeness (QED) is 0.556. The molecule has 126 valence electrons. The number of carbonyl (C=O) groups is 1. The second-order valence-electron chi connectivity index (χ2n) is 5.14. The summed E-state index contributed by atoms with van der Waals surface area (Å²) in [6, 6.07) is 13.4. The molecule has 0 aliphatic heterocycles. The Morgan fingerprint density at radius 3 is 2.72 bits per heavy atom. The SMILES string of the molecule is COC(=O)c1c(N)c(C#N)cn1-c1ccc(SCc2ccco2)cc1. The number of nitrogens with zero attached hydrogens (tertiary/aromatic N) is 2. The topological polar surface area (TPSA) is 94.2 Å². The third-order valence-corrected chi connectivity index (χ3v) is 4.65. The van der Waals surface area contributed by atoms with Crippen molar-refractivity contribution < 1.29 is 13.9 Å². The molecule has 0 fully saturated rings. The molecule has 0 radical (unpaired) electrons. The maximum atomic E-state index is 12.0. The van der Waals surface area contributed by atoms with Gasteiger partial charge in [-0.05, 0) is 36.4 Å². The Bertz CT molecular complexity index is 922. The van der Waals surface area contributed by atoms with Crippen LogP contribution in [-0.2, 0) is 10.5 Å². The molecule has 0 saturated heterocycles. The van der Waals surface area contributed by atoms with Gasteiger partial charge in [0, 0.05) is 16.8 Å². The monoisotopic (exact) mass is 353 g/mol. The van der Waals surface area contributed by atoms with E-state index in [1.54, 1.807) is 22.6 Å². The van der Waals surface area contributed by atoms with Crippen molar-refractivity contribution in [2.24, 2.45) is 0 Å². The lowest BCUT2D eigenvalue weighted by Crippen LogP contribution is -2.11. The van der Waals surface area contributed by atoms with Gasteiger partial charge in [0.25, 0.3) is 0 Å². The molecule has 0 amide bonds. The van der Waals surface area contributed by atoms with Crippen molar-refractivity contribution in [1.29, 1.82) is 5.26 Å². The highest BCUT2D eigenvalue weighted by Crippen LogP contribution is 2.27. The van der Waals surface area contributed by atoms with Crippen molar-refractivity contribution in [3.05, 3.63) is 65.9 Å². The van der Waals surface area contributed by atoms with Crippen LogP contribution in [0.5, 0.6) is 0 Å². The molecule has 0 aliphatic carbocycles. The number of aromatic nitrogens is 1. The molecule has 0 saturated carbocycles. The molecule has 6 nitrogen and oxygen atoms in total. The van der Waals surface area contributed by atoms with Crippen LogP contribution in [0.3, 0.4) is 0 Å². The molecular weight excluding hydrogens is 338 g/mol. The molecule has 0 atom stereocenters. The first-order chi connectivity index (χ1) is 12.1. The molecule has 0 spiro atoms. The molecule has 3 aromatic rings. The summed E-state index contributed by atoms with van der Waals surface area (Å²) in [7, 11) is 1.28. The number of ether oxygens (including phenoxy) is 1. The van der Waals surface area contributed by atoms with Crippen LogP contribution >= 0.6 is 11.8 Å². The minimum absolute atomic E-state index is 0.116. The zero-order valence-electron chi connectivity index (χ0n) is 13.4. The predicted molar refractivity (Wildman–Crippen MR) is 94.5 cm³/mol. The average Bonchev–Trinajstić information content (AvgIpc) is 3.27. The number of hydrogen-bond acceptors (Lipinski definition) is 6. The van der Waals surface area contributed by atoms with Crippen LogP contribution in [0, 0.1) is 11.3 Å². The van der Waals surface area contributed by atoms with E-state index >= 15 is 0 Å². The second kappa shape index (κ2) is 7.20. The summed E-state index contributed by atoms with van der Waals surface area (Å²) in [6.07, 6.45) is 3.18. The molecule has 2 heterocycles. The summed E-state index contributed by atoms with van der Waals surface area (Å²) in [5.74, 6) is 1.05. The van der Waals surface area contributed by atoms with E-state index in [0.717, 1.165) is 22.1 Å².